The van der Waals surface area contributed by atoms with E-state index in [1.54, 1.807) is 0 Å². The number of aromatic amines is 4. The number of aliphatic imine (C=N–C) groups is 4. The van der Waals surface area contributed by atoms with E-state index in [0.717, 1.165) is 146 Å². The van der Waals surface area contributed by atoms with Crippen molar-refractivity contribution in [3.63, 3.8) is 0 Å². The maximum absolute atomic E-state index is 16.8. The van der Waals surface area contributed by atoms with Gasteiger partial charge in [0.15, 0.2) is 0 Å². The molecule has 4 N–H and O–H groups in total. The average molecular weight is 1520 g/mol. The lowest BCUT2D eigenvalue weighted by molar-refractivity contribution is 0.576. The van der Waals surface area contributed by atoms with Gasteiger partial charge >= 0.3 is 0 Å². The number of hydrogen-bond acceptors (Lipinski definition) is 4. The molecule has 0 fully saturated rings. The molecule has 5 aliphatic rings. The van der Waals surface area contributed by atoms with Crippen LogP contribution in [0.3, 0.4) is 0 Å². The quantitative estimate of drug-likeness (QED) is 0.109. The van der Waals surface area contributed by atoms with E-state index in [2.05, 4.69) is 19.9 Å². The number of aromatic nitrogens is 4. The predicted octanol–water partition coefficient (Wildman–Crippen LogP) is 18.2. The molecule has 24 heteroatoms. The van der Waals surface area contributed by atoms with Crippen LogP contribution in [-0.2, 0) is 0 Å². The summed E-state index contributed by atoms with van der Waals surface area (Å²) in [6, 6.07) is 33.3. The van der Waals surface area contributed by atoms with E-state index in [0.29, 0.717) is 0 Å². The largest absolute Gasteiger partial charge is 0.354 e. The first-order valence-corrected chi connectivity index (χ1v) is 34.1. The van der Waals surface area contributed by atoms with Gasteiger partial charge in [-0.1, -0.05) is 48.5 Å². The summed E-state index contributed by atoms with van der Waals surface area (Å²) in [6.07, 6.45) is 9.90. The van der Waals surface area contributed by atoms with Crippen LogP contribution in [0.4, 0.5) is 70.2 Å². The Morgan fingerprint density at radius 3 is 0.473 bits per heavy atom. The van der Waals surface area contributed by atoms with Crippen LogP contribution in [0.2, 0.25) is 0 Å². The minimum Gasteiger partial charge on any atom is -0.354 e. The number of fused-ring (bicyclic) bond motifs is 12. The molecule has 16 bridgehead atoms. The van der Waals surface area contributed by atoms with Crippen LogP contribution < -0.4 is 21.4 Å². The van der Waals surface area contributed by atoms with Crippen molar-refractivity contribution in [3.8, 4) is 0 Å². The van der Waals surface area contributed by atoms with Crippen LogP contribution in [0.5, 0.6) is 0 Å². The minimum absolute atomic E-state index is 0.225. The zero-order valence-electron chi connectivity index (χ0n) is 56.9. The molecule has 0 radical (unpaired) electrons. The SMILES string of the molecule is Fc1cccc(F)c1C1=C2C=CC(=N2)C(c2c(F)cccc2F)=c2ccc([nH]2)=C(c2c(F)cccc2F)C2=NC(=C(c3c(F)cccc3F)c3ccc([nH]3)C(c3c(F)cccc3F)=C3C=CC(=N3)C(c3c(F)cccc3F)=c3ccc([nH]3)=C(c3c(F)cccc3F)C3=NC(=C(c4c(F)cccc4F)c4ccc1[nH]4)C=C3)C=C2. The zero-order valence-corrected chi connectivity index (χ0v) is 56.9. The van der Waals surface area contributed by atoms with E-state index in [1.807, 2.05) is 0 Å². The van der Waals surface area contributed by atoms with Gasteiger partial charge in [-0.05, 0) is 194 Å². The lowest BCUT2D eigenvalue weighted by atomic mass is 9.99. The molecule has 0 unspecified atom stereocenters. The van der Waals surface area contributed by atoms with Gasteiger partial charge in [0, 0.05) is 88.8 Å². The van der Waals surface area contributed by atoms with Crippen molar-refractivity contribution >= 4 is 67.4 Å². The fourth-order valence-electron chi connectivity index (χ4n) is 14.4. The maximum atomic E-state index is 16.8. The fourth-order valence-corrected chi connectivity index (χ4v) is 14.4. The molecule has 9 heterocycles. The highest BCUT2D eigenvalue weighted by atomic mass is 19.2. The molecule has 0 amide bonds. The van der Waals surface area contributed by atoms with Crippen molar-refractivity contribution < 1.29 is 70.2 Å². The first-order valence-electron chi connectivity index (χ1n) is 34.1. The summed E-state index contributed by atoms with van der Waals surface area (Å²) in [5, 5.41) is -0.900. The number of halogens is 16. The van der Waals surface area contributed by atoms with Crippen molar-refractivity contribution in [1.82, 2.24) is 19.9 Å². The van der Waals surface area contributed by atoms with Crippen LogP contribution in [0.25, 0.3) is 44.6 Å². The Morgan fingerprint density at radius 2 is 0.312 bits per heavy atom. The Hall–Kier alpha value is -14.2. The second-order valence-electron chi connectivity index (χ2n) is 25.8. The number of hydrogen-bond donors (Lipinski definition) is 4. The zero-order chi connectivity index (χ0) is 77.7. The Morgan fingerprint density at radius 1 is 0.161 bits per heavy atom. The van der Waals surface area contributed by atoms with E-state index in [1.165, 1.54) is 97.1 Å². The van der Waals surface area contributed by atoms with Gasteiger partial charge < -0.3 is 19.9 Å². The van der Waals surface area contributed by atoms with Crippen LogP contribution in [-0.4, -0.2) is 42.8 Å². The highest BCUT2D eigenvalue weighted by molar-refractivity contribution is 6.33. The molecule has 17 rings (SSSR count). The smallest absolute Gasteiger partial charge is 0.134 e. The summed E-state index contributed by atoms with van der Waals surface area (Å²) in [6.45, 7) is 0. The van der Waals surface area contributed by atoms with Crippen LogP contribution in [0, 0.1) is 93.1 Å². The summed E-state index contributed by atoms with van der Waals surface area (Å²) in [7, 11) is 0. The number of rotatable bonds is 8. The number of nitrogens with zero attached hydrogens (tertiary/aromatic N) is 4. The van der Waals surface area contributed by atoms with Gasteiger partial charge in [0.1, 0.15) is 93.1 Å². The fraction of sp³-hybridized carbons (Fsp3) is 0. The lowest BCUT2D eigenvalue weighted by Gasteiger charge is -2.14. The Kier molecular flexibility index (Phi) is 17.8. The number of H-pyrrole nitrogens is 4. The lowest BCUT2D eigenvalue weighted by Crippen LogP contribution is -2.22. The molecular formula is C88H44F16N8. The van der Waals surface area contributed by atoms with Gasteiger partial charge in [-0.15, -0.1) is 0 Å². The van der Waals surface area contributed by atoms with E-state index in [4.69, 9.17) is 20.0 Å². The normalized spacial score (nSPS) is 15.0. The molecule has 8 aromatic carbocycles. The third-order valence-corrected chi connectivity index (χ3v) is 19.2. The minimum atomic E-state index is -1.18. The molecule has 8 nitrogen and oxygen atoms in total. The molecule has 0 spiro atoms. The molecule has 112 heavy (non-hydrogen) atoms. The summed E-state index contributed by atoms with van der Waals surface area (Å²) in [5.74, 6) is -18.9. The average Bonchev–Trinajstić information content (AvgIpc) is 1.60. The van der Waals surface area contributed by atoms with E-state index < -0.39 is 182 Å². The predicted molar refractivity (Wildman–Crippen MR) is 393 cm³/mol. The molecule has 4 aromatic heterocycles. The van der Waals surface area contributed by atoms with E-state index >= 15 is 70.2 Å². The van der Waals surface area contributed by atoms with Gasteiger partial charge in [-0.25, -0.2) is 90.2 Å². The van der Waals surface area contributed by atoms with Gasteiger partial charge in [-0.3, -0.25) is 0 Å². The van der Waals surface area contributed by atoms with Crippen LogP contribution in [0.1, 0.15) is 67.3 Å². The number of benzene rings is 8. The molecule has 548 valence electrons. The van der Waals surface area contributed by atoms with Gasteiger partial charge in [-0.2, -0.15) is 0 Å². The topological polar surface area (TPSA) is 113 Å². The monoisotopic (exact) mass is 1520 g/mol. The summed E-state index contributed by atoms with van der Waals surface area (Å²) >= 11 is 0. The Balaban J connectivity index is 1.01. The molecule has 0 atom stereocenters. The number of nitrogens with one attached hydrogen (secondary N) is 4. The third-order valence-electron chi connectivity index (χ3n) is 19.2. The van der Waals surface area contributed by atoms with Crippen molar-refractivity contribution in [2.45, 2.75) is 0 Å². The summed E-state index contributed by atoms with van der Waals surface area (Å²) in [4.78, 5) is 31.2. The van der Waals surface area contributed by atoms with Crippen molar-refractivity contribution in [2.24, 2.45) is 20.0 Å². The van der Waals surface area contributed by atoms with Crippen LogP contribution in [0.15, 0.2) is 285 Å². The van der Waals surface area contributed by atoms with Gasteiger partial charge in [0.25, 0.3) is 0 Å². The molecular weight excluding hydrogens is 1470 g/mol. The summed E-state index contributed by atoms with van der Waals surface area (Å²) < 4.78 is 268. The Labute approximate surface area is 622 Å². The second-order valence-corrected chi connectivity index (χ2v) is 25.8. The van der Waals surface area contributed by atoms with Crippen molar-refractivity contribution in [1.29, 1.82) is 0 Å². The number of allylic oxidation sites excluding steroid dienone is 8. The molecule has 5 aliphatic heterocycles. The third kappa shape index (κ3) is 12.2. The van der Waals surface area contributed by atoms with Gasteiger partial charge in [0.2, 0.25) is 0 Å². The molecule has 12 aromatic rings. The van der Waals surface area contributed by atoms with Crippen molar-refractivity contribution in [2.75, 3.05) is 0 Å². The maximum Gasteiger partial charge on any atom is 0.134 e. The molecule has 0 saturated heterocycles. The second kappa shape index (κ2) is 28.1. The van der Waals surface area contributed by atoms with Gasteiger partial charge in [0.05, 0.1) is 90.1 Å². The standard InChI is InChI=1S/C88H44F16N8/c89-41-9-1-10-42(90)73(41)81-57-25-27-59(105-57)82(74-43(91)11-2-12-44(74)92)61-29-31-63(107-61)84(76-47(95)15-4-16-48(76)96)65-33-35-67(109-65)86(78-51(99)19-6-20-52(78)100)69-37-39-71(111-69)88(80-55(103)23-8-24-56(80)104)72-40-38-70(112-72)87(79-53(101)21-7-22-54(79)102)68-36-34-66(110-68)85(77-49(97)17-5-18-50(77)98)64-32-30-62(108-64)83(60-28-26-58(81)106-60)75-45(93)13-3-14-46(75)94/h1-40,105,108-109,112H. The highest BCUT2D eigenvalue weighted by Crippen LogP contribution is 2.43. The summed E-state index contributed by atoms with van der Waals surface area (Å²) in [5.41, 5.74) is -12.6. The highest BCUT2D eigenvalue weighted by Gasteiger charge is 2.34. The first kappa shape index (κ1) is 70.8. The van der Waals surface area contributed by atoms with Crippen LogP contribution >= 0.6 is 0 Å². The first-order chi connectivity index (χ1) is 54.2. The van der Waals surface area contributed by atoms with E-state index in [-0.39, 0.29) is 89.8 Å². The molecule has 0 saturated carbocycles. The van der Waals surface area contributed by atoms with E-state index in [9.17, 15) is 0 Å². The molecule has 0 aliphatic carbocycles. The Bertz CT molecular complexity index is 5870. The van der Waals surface area contributed by atoms with Crippen molar-refractivity contribution in [3.05, 3.63) is 447 Å².